The predicted molar refractivity (Wildman–Crippen MR) is 81.6 cm³/mol. The number of piperazine rings is 1. The van der Waals surface area contributed by atoms with Gasteiger partial charge in [0.05, 0.1) is 6.26 Å². The molecule has 21 heavy (non-hydrogen) atoms. The average Bonchev–Trinajstić information content (AvgIpc) is 2.45. The summed E-state index contributed by atoms with van der Waals surface area (Å²) in [5.41, 5.74) is 1.53. The lowest BCUT2D eigenvalue weighted by atomic mass is 10.0. The normalized spacial score (nSPS) is 21.2. The van der Waals surface area contributed by atoms with Gasteiger partial charge in [-0.05, 0) is 24.7 Å². The number of hydrogen-bond donors (Lipinski definition) is 1. The Morgan fingerprint density at radius 2 is 2.05 bits per heavy atom. The first kappa shape index (κ1) is 15.9. The molecule has 1 aromatic carbocycles. The van der Waals surface area contributed by atoms with Crippen molar-refractivity contribution in [2.24, 2.45) is 0 Å². The fourth-order valence-electron chi connectivity index (χ4n) is 2.54. The minimum atomic E-state index is -3.19. The van der Waals surface area contributed by atoms with Crippen molar-refractivity contribution >= 4 is 15.9 Å². The average molecular weight is 311 g/mol. The lowest BCUT2D eigenvalue weighted by Gasteiger charge is -2.38. The van der Waals surface area contributed by atoms with Crippen molar-refractivity contribution in [3.8, 4) is 0 Å². The van der Waals surface area contributed by atoms with E-state index in [9.17, 15) is 13.2 Å². The zero-order valence-electron chi connectivity index (χ0n) is 12.5. The van der Waals surface area contributed by atoms with E-state index in [2.05, 4.69) is 10.2 Å². The SMILES string of the molecule is CNC(=O)c1cccc(C2CN(S(C)(=O)=O)CCN2C)c1. The highest BCUT2D eigenvalue weighted by Crippen LogP contribution is 2.25. The van der Waals surface area contributed by atoms with Gasteiger partial charge in [-0.2, -0.15) is 4.31 Å². The quantitative estimate of drug-likeness (QED) is 0.871. The molecule has 1 amide bonds. The second-order valence-corrected chi connectivity index (χ2v) is 7.30. The van der Waals surface area contributed by atoms with Crippen LogP contribution in [0.5, 0.6) is 0 Å². The van der Waals surface area contributed by atoms with Crippen molar-refractivity contribution in [2.45, 2.75) is 6.04 Å². The maximum atomic E-state index is 11.7. The van der Waals surface area contributed by atoms with Gasteiger partial charge in [0.1, 0.15) is 0 Å². The molecule has 7 heteroatoms. The number of hydrogen-bond acceptors (Lipinski definition) is 4. The molecule has 0 aliphatic carbocycles. The molecular weight excluding hydrogens is 290 g/mol. The second-order valence-electron chi connectivity index (χ2n) is 5.32. The number of likely N-dealkylation sites (N-methyl/N-ethyl adjacent to an activating group) is 1. The Hall–Kier alpha value is -1.44. The molecule has 6 nitrogen and oxygen atoms in total. The Balaban J connectivity index is 2.29. The van der Waals surface area contributed by atoms with Crippen LogP contribution in [0.3, 0.4) is 0 Å². The lowest BCUT2D eigenvalue weighted by molar-refractivity contribution is 0.0962. The van der Waals surface area contributed by atoms with E-state index in [-0.39, 0.29) is 11.9 Å². The van der Waals surface area contributed by atoms with Gasteiger partial charge in [-0.15, -0.1) is 0 Å². The fourth-order valence-corrected chi connectivity index (χ4v) is 3.37. The van der Waals surface area contributed by atoms with Crippen molar-refractivity contribution in [1.82, 2.24) is 14.5 Å². The summed E-state index contributed by atoms with van der Waals surface area (Å²) >= 11 is 0. The number of nitrogens with zero attached hydrogens (tertiary/aromatic N) is 2. The van der Waals surface area contributed by atoms with Gasteiger partial charge in [-0.3, -0.25) is 9.69 Å². The van der Waals surface area contributed by atoms with Crippen LogP contribution >= 0.6 is 0 Å². The van der Waals surface area contributed by atoms with Crippen LogP contribution in [0, 0.1) is 0 Å². The van der Waals surface area contributed by atoms with Gasteiger partial charge in [-0.1, -0.05) is 12.1 Å². The maximum Gasteiger partial charge on any atom is 0.251 e. The Morgan fingerprint density at radius 3 is 2.67 bits per heavy atom. The third-order valence-corrected chi connectivity index (χ3v) is 5.11. The van der Waals surface area contributed by atoms with E-state index in [0.29, 0.717) is 25.2 Å². The van der Waals surface area contributed by atoms with Crippen molar-refractivity contribution < 1.29 is 13.2 Å². The van der Waals surface area contributed by atoms with E-state index < -0.39 is 10.0 Å². The van der Waals surface area contributed by atoms with E-state index >= 15 is 0 Å². The third kappa shape index (κ3) is 3.61. The first-order valence-electron chi connectivity index (χ1n) is 6.80. The molecule has 1 unspecified atom stereocenters. The molecule has 1 aromatic rings. The molecule has 0 bridgehead atoms. The zero-order valence-corrected chi connectivity index (χ0v) is 13.4. The Kier molecular flexibility index (Phi) is 4.65. The number of nitrogens with one attached hydrogen (secondary N) is 1. The molecule has 0 saturated carbocycles. The highest BCUT2D eigenvalue weighted by molar-refractivity contribution is 7.88. The van der Waals surface area contributed by atoms with Crippen LogP contribution in [-0.4, -0.2) is 63.5 Å². The summed E-state index contributed by atoms with van der Waals surface area (Å²) in [6.07, 6.45) is 1.23. The van der Waals surface area contributed by atoms with Crippen LogP contribution in [0.25, 0.3) is 0 Å². The molecule has 0 aromatic heterocycles. The van der Waals surface area contributed by atoms with Gasteiger partial charge in [0, 0.05) is 38.3 Å². The van der Waals surface area contributed by atoms with Gasteiger partial charge >= 0.3 is 0 Å². The topological polar surface area (TPSA) is 69.7 Å². The van der Waals surface area contributed by atoms with E-state index in [1.807, 2.05) is 25.2 Å². The van der Waals surface area contributed by atoms with Crippen molar-refractivity contribution in [2.75, 3.05) is 40.0 Å². The summed E-state index contributed by atoms with van der Waals surface area (Å²) in [5, 5.41) is 2.60. The van der Waals surface area contributed by atoms with Crippen molar-refractivity contribution in [3.05, 3.63) is 35.4 Å². The summed E-state index contributed by atoms with van der Waals surface area (Å²) in [6.45, 7) is 1.58. The number of sulfonamides is 1. The summed E-state index contributed by atoms with van der Waals surface area (Å²) in [7, 11) is 0.366. The maximum absolute atomic E-state index is 11.7. The largest absolute Gasteiger partial charge is 0.355 e. The Morgan fingerprint density at radius 1 is 1.33 bits per heavy atom. The van der Waals surface area contributed by atoms with Gasteiger partial charge in [-0.25, -0.2) is 8.42 Å². The molecule has 1 fully saturated rings. The predicted octanol–water partition coefficient (Wildman–Crippen LogP) is 0.294. The molecule has 116 valence electrons. The van der Waals surface area contributed by atoms with E-state index in [1.54, 1.807) is 13.1 Å². The molecule has 1 N–H and O–H groups in total. The molecule has 1 aliphatic heterocycles. The molecule has 0 radical (unpaired) electrons. The van der Waals surface area contributed by atoms with E-state index in [0.717, 1.165) is 5.56 Å². The lowest BCUT2D eigenvalue weighted by Crippen LogP contribution is -2.48. The highest BCUT2D eigenvalue weighted by atomic mass is 32.2. The van der Waals surface area contributed by atoms with Crippen LogP contribution in [0.2, 0.25) is 0 Å². The van der Waals surface area contributed by atoms with Gasteiger partial charge in [0.25, 0.3) is 5.91 Å². The smallest absolute Gasteiger partial charge is 0.251 e. The monoisotopic (exact) mass is 311 g/mol. The first-order valence-corrected chi connectivity index (χ1v) is 8.65. The van der Waals surface area contributed by atoms with Gasteiger partial charge < -0.3 is 5.32 Å². The third-order valence-electron chi connectivity index (χ3n) is 3.84. The molecule has 1 aliphatic rings. The number of amides is 1. The van der Waals surface area contributed by atoms with Crippen LogP contribution in [0.15, 0.2) is 24.3 Å². The summed E-state index contributed by atoms with van der Waals surface area (Å²) in [6, 6.07) is 7.29. The molecular formula is C14H21N3O3S. The van der Waals surface area contributed by atoms with Gasteiger partial charge in [0.15, 0.2) is 0 Å². The summed E-state index contributed by atoms with van der Waals surface area (Å²) in [4.78, 5) is 13.8. The number of benzene rings is 1. The van der Waals surface area contributed by atoms with Crippen molar-refractivity contribution in [1.29, 1.82) is 0 Å². The molecule has 0 spiro atoms. The standard InChI is InChI=1S/C14H21N3O3S/c1-15-14(18)12-6-4-5-11(9-12)13-10-17(21(3,19)20)8-7-16(13)2/h4-6,9,13H,7-8,10H2,1-3H3,(H,15,18). The molecule has 2 rings (SSSR count). The highest BCUT2D eigenvalue weighted by Gasteiger charge is 2.30. The molecule has 1 atom stereocenters. The van der Waals surface area contributed by atoms with Crippen LogP contribution in [0.4, 0.5) is 0 Å². The summed E-state index contributed by atoms with van der Waals surface area (Å²) in [5.74, 6) is -0.143. The van der Waals surface area contributed by atoms with Crippen LogP contribution < -0.4 is 5.32 Å². The van der Waals surface area contributed by atoms with Gasteiger partial charge in [0.2, 0.25) is 10.0 Å². The minimum Gasteiger partial charge on any atom is -0.355 e. The molecule has 1 heterocycles. The first-order chi connectivity index (χ1) is 9.82. The fraction of sp³-hybridized carbons (Fsp3) is 0.500. The molecule has 1 saturated heterocycles. The summed E-state index contributed by atoms with van der Waals surface area (Å²) < 4.78 is 25.0. The minimum absolute atomic E-state index is 0.0434. The Labute approximate surface area is 125 Å². The van der Waals surface area contributed by atoms with Crippen LogP contribution in [0.1, 0.15) is 22.0 Å². The number of carbonyl (C=O) groups is 1. The van der Waals surface area contributed by atoms with E-state index in [1.165, 1.54) is 10.6 Å². The van der Waals surface area contributed by atoms with E-state index in [4.69, 9.17) is 0 Å². The van der Waals surface area contributed by atoms with Crippen LogP contribution in [-0.2, 0) is 10.0 Å². The number of rotatable bonds is 3. The zero-order chi connectivity index (χ0) is 15.6. The van der Waals surface area contributed by atoms with Crippen molar-refractivity contribution in [3.63, 3.8) is 0 Å². The number of carbonyl (C=O) groups excluding carboxylic acids is 1. The second kappa shape index (κ2) is 6.13. The Bertz CT molecular complexity index is 630.